The minimum absolute atomic E-state index is 0.403. The fourth-order valence-corrected chi connectivity index (χ4v) is 4.03. The van der Waals surface area contributed by atoms with Crippen LogP contribution in [0.4, 0.5) is 0 Å². The topological polar surface area (TPSA) is 46.1 Å². The predicted molar refractivity (Wildman–Crippen MR) is 110 cm³/mol. The molecule has 27 heavy (non-hydrogen) atoms. The number of hydrogen-bond donors (Lipinski definition) is 1. The van der Waals surface area contributed by atoms with E-state index in [4.69, 9.17) is 28.6 Å². The van der Waals surface area contributed by atoms with Gasteiger partial charge in [0.25, 0.3) is 0 Å². The molecule has 1 fully saturated rings. The van der Waals surface area contributed by atoms with Crippen LogP contribution < -0.4 is 4.74 Å². The van der Waals surface area contributed by atoms with Gasteiger partial charge in [-0.3, -0.25) is 10.00 Å². The Balaban J connectivity index is 1.61. The van der Waals surface area contributed by atoms with E-state index >= 15 is 0 Å². The zero-order valence-corrected chi connectivity index (χ0v) is 16.6. The van der Waals surface area contributed by atoms with Crippen molar-refractivity contribution in [2.45, 2.75) is 25.6 Å². The average Bonchev–Trinajstić information content (AvgIpc) is 3.30. The molecule has 0 radical (unpaired) electrons. The summed E-state index contributed by atoms with van der Waals surface area (Å²) in [4.78, 5) is 6.96. The molecule has 1 atom stereocenters. The Bertz CT molecular complexity index is 985. The van der Waals surface area contributed by atoms with E-state index in [9.17, 15) is 0 Å². The molecule has 1 aromatic heterocycles. The molecule has 5 nitrogen and oxygen atoms in total. The number of methoxy groups -OCH3 is 1. The Morgan fingerprint density at radius 3 is 2.85 bits per heavy atom. The Morgan fingerprint density at radius 1 is 1.26 bits per heavy atom. The van der Waals surface area contributed by atoms with Crippen molar-refractivity contribution in [2.24, 2.45) is 0 Å². The van der Waals surface area contributed by atoms with Crippen LogP contribution in [0.15, 0.2) is 48.5 Å². The highest BCUT2D eigenvalue weighted by Crippen LogP contribution is 2.33. The van der Waals surface area contributed by atoms with Crippen molar-refractivity contribution in [3.63, 3.8) is 0 Å². The molecule has 0 spiro atoms. The van der Waals surface area contributed by atoms with Crippen molar-refractivity contribution in [1.82, 2.24) is 19.7 Å². The Morgan fingerprint density at radius 2 is 2.07 bits per heavy atom. The monoisotopic (exact) mass is 400 g/mol. The highest BCUT2D eigenvalue weighted by molar-refractivity contribution is 7.71. The summed E-state index contributed by atoms with van der Waals surface area (Å²) in [5, 5.41) is 3.95. The molecular weight excluding hydrogens is 380 g/mol. The molecule has 2 aromatic carbocycles. The lowest BCUT2D eigenvalue weighted by Gasteiger charge is -2.24. The van der Waals surface area contributed by atoms with Gasteiger partial charge >= 0.3 is 0 Å². The molecule has 0 bridgehead atoms. The molecule has 1 aliphatic rings. The third-order valence-electron chi connectivity index (χ3n) is 4.97. The Hall–Kier alpha value is -2.15. The third-order valence-corrected chi connectivity index (χ3v) is 5.51. The molecule has 1 unspecified atom stereocenters. The van der Waals surface area contributed by atoms with Gasteiger partial charge in [-0.05, 0) is 48.8 Å². The van der Waals surface area contributed by atoms with Crippen LogP contribution in [0, 0.1) is 4.77 Å². The zero-order valence-electron chi connectivity index (χ0n) is 15.1. The molecule has 1 saturated heterocycles. The van der Waals surface area contributed by atoms with Crippen LogP contribution in [0.1, 0.15) is 24.4 Å². The standard InChI is InChI=1S/C20H21ClN4OS/c1-26-18-10-9-15(21)12-16(18)19-22-20(27)25(23-19)13-24-11-5-8-17(24)14-6-3-2-4-7-14/h2-4,6-7,9-10,12,17H,5,8,11,13H2,1H3,(H,22,23,27). The summed E-state index contributed by atoms with van der Waals surface area (Å²) in [5.74, 6) is 1.37. The van der Waals surface area contributed by atoms with E-state index in [2.05, 4.69) is 45.3 Å². The van der Waals surface area contributed by atoms with Crippen LogP contribution in [0.2, 0.25) is 5.02 Å². The van der Waals surface area contributed by atoms with E-state index in [-0.39, 0.29) is 0 Å². The first-order valence-corrected chi connectivity index (χ1v) is 9.74. The van der Waals surface area contributed by atoms with Crippen molar-refractivity contribution in [3.05, 3.63) is 63.9 Å². The molecule has 2 heterocycles. The summed E-state index contributed by atoms with van der Waals surface area (Å²) in [7, 11) is 1.63. The predicted octanol–water partition coefficient (Wildman–Crippen LogP) is 5.06. The summed E-state index contributed by atoms with van der Waals surface area (Å²) >= 11 is 11.7. The maximum atomic E-state index is 6.16. The van der Waals surface area contributed by atoms with Crippen molar-refractivity contribution < 1.29 is 4.74 Å². The lowest BCUT2D eigenvalue weighted by Crippen LogP contribution is -2.26. The van der Waals surface area contributed by atoms with Gasteiger partial charge in [0.1, 0.15) is 5.75 Å². The molecule has 140 valence electrons. The molecule has 0 saturated carbocycles. The lowest BCUT2D eigenvalue weighted by atomic mass is 10.1. The molecule has 1 N–H and O–H groups in total. The minimum atomic E-state index is 0.403. The zero-order chi connectivity index (χ0) is 18.8. The summed E-state index contributed by atoms with van der Waals surface area (Å²) in [6.07, 6.45) is 2.33. The Labute approximate surface area is 168 Å². The number of benzene rings is 2. The smallest absolute Gasteiger partial charge is 0.217 e. The fraction of sp³-hybridized carbons (Fsp3) is 0.300. The first-order chi connectivity index (χ1) is 13.2. The number of rotatable bonds is 5. The van der Waals surface area contributed by atoms with Gasteiger partial charge in [-0.1, -0.05) is 41.9 Å². The summed E-state index contributed by atoms with van der Waals surface area (Å²) < 4.78 is 7.87. The number of nitrogens with one attached hydrogen (secondary N) is 1. The van der Waals surface area contributed by atoms with Gasteiger partial charge in [0, 0.05) is 17.6 Å². The summed E-state index contributed by atoms with van der Waals surface area (Å²) in [5.41, 5.74) is 2.15. The van der Waals surface area contributed by atoms with E-state index in [0.717, 1.165) is 18.5 Å². The van der Waals surface area contributed by atoms with Gasteiger partial charge in [-0.25, -0.2) is 4.68 Å². The molecule has 4 rings (SSSR count). The molecule has 0 aliphatic carbocycles. The van der Waals surface area contributed by atoms with Crippen LogP contribution in [0.3, 0.4) is 0 Å². The van der Waals surface area contributed by atoms with Gasteiger partial charge in [-0.2, -0.15) is 4.98 Å². The van der Waals surface area contributed by atoms with Crippen molar-refractivity contribution in [2.75, 3.05) is 13.7 Å². The van der Waals surface area contributed by atoms with E-state index in [1.165, 1.54) is 12.0 Å². The maximum absolute atomic E-state index is 6.16. The van der Waals surface area contributed by atoms with Crippen LogP contribution in [-0.4, -0.2) is 33.3 Å². The average molecular weight is 401 g/mol. The van der Waals surface area contributed by atoms with Crippen LogP contribution >= 0.6 is 23.8 Å². The van der Waals surface area contributed by atoms with E-state index in [1.54, 1.807) is 13.2 Å². The van der Waals surface area contributed by atoms with Crippen LogP contribution in [0.25, 0.3) is 11.4 Å². The van der Waals surface area contributed by atoms with Crippen LogP contribution in [0.5, 0.6) is 5.75 Å². The highest BCUT2D eigenvalue weighted by atomic mass is 35.5. The van der Waals surface area contributed by atoms with Gasteiger partial charge in [-0.15, -0.1) is 0 Å². The quantitative estimate of drug-likeness (QED) is 0.608. The highest BCUT2D eigenvalue weighted by Gasteiger charge is 2.26. The van der Waals surface area contributed by atoms with Gasteiger partial charge in [0.05, 0.1) is 19.3 Å². The largest absolute Gasteiger partial charge is 0.496 e. The van der Waals surface area contributed by atoms with Gasteiger partial charge < -0.3 is 4.74 Å². The third kappa shape index (κ3) is 3.78. The van der Waals surface area contributed by atoms with E-state index in [0.29, 0.717) is 34.1 Å². The Kier molecular flexibility index (Phi) is 5.29. The number of H-pyrrole nitrogens is 1. The van der Waals surface area contributed by atoms with E-state index < -0.39 is 0 Å². The second kappa shape index (κ2) is 7.84. The molecule has 3 aromatic rings. The lowest BCUT2D eigenvalue weighted by molar-refractivity contribution is 0.190. The van der Waals surface area contributed by atoms with Crippen molar-refractivity contribution in [1.29, 1.82) is 0 Å². The minimum Gasteiger partial charge on any atom is -0.496 e. The number of ether oxygens (including phenoxy) is 1. The molecule has 1 aliphatic heterocycles. The second-order valence-corrected chi connectivity index (χ2v) is 7.45. The van der Waals surface area contributed by atoms with Crippen molar-refractivity contribution >= 4 is 23.8 Å². The number of hydrogen-bond acceptors (Lipinski definition) is 4. The number of aromatic amines is 1. The van der Waals surface area contributed by atoms with E-state index in [1.807, 2.05) is 16.8 Å². The fourth-order valence-electron chi connectivity index (χ4n) is 3.67. The second-order valence-electron chi connectivity index (χ2n) is 6.65. The SMILES string of the molecule is COc1ccc(Cl)cc1-c1nc(=S)n(CN2CCCC2c2ccccc2)[nH]1. The normalized spacial score (nSPS) is 17.3. The van der Waals surface area contributed by atoms with Gasteiger partial charge in [0.15, 0.2) is 5.82 Å². The number of halogens is 1. The number of likely N-dealkylation sites (tertiary alicyclic amines) is 1. The summed E-state index contributed by atoms with van der Waals surface area (Å²) in [6, 6.07) is 16.5. The number of aromatic nitrogens is 3. The molecule has 0 amide bonds. The number of nitrogens with zero attached hydrogens (tertiary/aromatic N) is 3. The molecular formula is C20H21ClN4OS. The first-order valence-electron chi connectivity index (χ1n) is 8.95. The maximum Gasteiger partial charge on any atom is 0.217 e. The van der Waals surface area contributed by atoms with Crippen molar-refractivity contribution in [3.8, 4) is 17.1 Å². The summed E-state index contributed by atoms with van der Waals surface area (Å²) in [6.45, 7) is 1.71. The molecule has 7 heteroatoms. The van der Waals surface area contributed by atoms with Gasteiger partial charge in [0.2, 0.25) is 4.77 Å². The van der Waals surface area contributed by atoms with Crippen LogP contribution in [-0.2, 0) is 6.67 Å². The first kappa shape index (κ1) is 18.2.